The highest BCUT2D eigenvalue weighted by Gasteiger charge is 2.42. The number of aromatic hydroxyl groups is 1. The maximum absolute atomic E-state index is 13.3. The van der Waals surface area contributed by atoms with Gasteiger partial charge in [0.05, 0.1) is 6.10 Å². The zero-order valence-electron chi connectivity index (χ0n) is 15.4. The number of hydrogen-bond donors (Lipinski definition) is 1. The van der Waals surface area contributed by atoms with Gasteiger partial charge >= 0.3 is 0 Å². The van der Waals surface area contributed by atoms with Crippen LogP contribution in [0, 0.1) is 23.5 Å². The number of ether oxygens (including phenoxy) is 1. The highest BCUT2D eigenvalue weighted by molar-refractivity contribution is 5.28. The Balaban J connectivity index is 1.29. The lowest BCUT2D eigenvalue weighted by Crippen LogP contribution is -2.28. The average molecular weight is 373 g/mol. The van der Waals surface area contributed by atoms with Crippen molar-refractivity contribution in [2.45, 2.75) is 31.8 Å². The van der Waals surface area contributed by atoms with Crippen LogP contribution in [0.4, 0.5) is 8.78 Å². The molecule has 1 saturated heterocycles. The molecule has 2 aromatic rings. The van der Waals surface area contributed by atoms with Crippen molar-refractivity contribution in [2.75, 3.05) is 19.6 Å². The van der Waals surface area contributed by atoms with Gasteiger partial charge in [0, 0.05) is 25.7 Å². The zero-order chi connectivity index (χ0) is 19.0. The Labute approximate surface area is 158 Å². The Bertz CT molecular complexity index is 781. The highest BCUT2D eigenvalue weighted by atomic mass is 19.2. The van der Waals surface area contributed by atoms with Crippen molar-refractivity contribution in [3.8, 4) is 11.5 Å². The van der Waals surface area contributed by atoms with Crippen LogP contribution in [-0.4, -0.2) is 35.7 Å². The molecule has 27 heavy (non-hydrogen) atoms. The number of benzene rings is 2. The summed E-state index contributed by atoms with van der Waals surface area (Å²) in [5.41, 5.74) is 1.24. The van der Waals surface area contributed by atoms with Gasteiger partial charge in [0.1, 0.15) is 11.5 Å². The number of nitrogens with zero attached hydrogens (tertiary/aromatic N) is 1. The minimum atomic E-state index is -0.861. The third kappa shape index (κ3) is 4.08. The summed E-state index contributed by atoms with van der Waals surface area (Å²) >= 11 is 0. The van der Waals surface area contributed by atoms with Crippen molar-refractivity contribution in [3.63, 3.8) is 0 Å². The maximum atomic E-state index is 13.3. The zero-order valence-corrected chi connectivity index (χ0v) is 15.4. The van der Waals surface area contributed by atoms with Crippen molar-refractivity contribution in [3.05, 3.63) is 59.7 Å². The molecule has 4 atom stereocenters. The number of rotatable bonds is 5. The van der Waals surface area contributed by atoms with Crippen LogP contribution in [-0.2, 0) is 0 Å². The molecule has 1 N–H and O–H groups in total. The van der Waals surface area contributed by atoms with Crippen LogP contribution in [0.15, 0.2) is 42.5 Å². The number of likely N-dealkylation sites (tertiary alicyclic amines) is 1. The van der Waals surface area contributed by atoms with E-state index in [9.17, 15) is 13.9 Å². The molecule has 0 bridgehead atoms. The Morgan fingerprint density at radius 2 is 1.70 bits per heavy atom. The third-order valence-electron chi connectivity index (χ3n) is 5.97. The van der Waals surface area contributed by atoms with Gasteiger partial charge in [-0.15, -0.1) is 0 Å². The third-order valence-corrected chi connectivity index (χ3v) is 5.97. The van der Waals surface area contributed by atoms with Crippen LogP contribution >= 0.6 is 0 Å². The van der Waals surface area contributed by atoms with Crippen LogP contribution < -0.4 is 4.74 Å². The average Bonchev–Trinajstić information content (AvgIpc) is 3.16. The van der Waals surface area contributed by atoms with E-state index in [0.29, 0.717) is 29.3 Å². The standard InChI is InChI=1S/C22H25F2NO2/c1-14(15-2-4-18(26)5-3-15)11-25-12-16-8-20(9-17(16)13-25)27-19-6-7-21(23)22(24)10-19/h2-7,10,14,16-17,20,26H,8-9,11-13H2,1H3/t14?,16-,17+,20?. The predicted octanol–water partition coefficient (Wildman–Crippen LogP) is 4.56. The molecule has 1 heterocycles. The number of phenols is 1. The molecular weight excluding hydrogens is 348 g/mol. The normalized spacial score (nSPS) is 26.1. The number of fused-ring (bicyclic) bond motifs is 1. The molecule has 1 aliphatic carbocycles. The van der Waals surface area contributed by atoms with Gasteiger partial charge in [-0.2, -0.15) is 0 Å². The lowest BCUT2D eigenvalue weighted by Gasteiger charge is -2.23. The molecule has 2 unspecified atom stereocenters. The molecule has 3 nitrogen and oxygen atoms in total. The van der Waals surface area contributed by atoms with Gasteiger partial charge < -0.3 is 14.7 Å². The maximum Gasteiger partial charge on any atom is 0.162 e. The molecule has 144 valence electrons. The van der Waals surface area contributed by atoms with Crippen molar-refractivity contribution in [2.24, 2.45) is 11.8 Å². The number of halogens is 2. The SMILES string of the molecule is CC(CN1C[C@H]2CC(Oc3ccc(F)c(F)c3)C[C@H]2C1)c1ccc(O)cc1. The number of phenolic OH excluding ortho intramolecular Hbond substituents is 1. The second-order valence-corrected chi connectivity index (χ2v) is 8.02. The second kappa shape index (κ2) is 7.47. The fourth-order valence-electron chi connectivity index (χ4n) is 4.62. The Kier molecular flexibility index (Phi) is 5.04. The molecule has 4 rings (SSSR count). The summed E-state index contributed by atoms with van der Waals surface area (Å²) in [7, 11) is 0. The minimum Gasteiger partial charge on any atom is -0.508 e. The van der Waals surface area contributed by atoms with E-state index in [1.54, 1.807) is 12.1 Å². The van der Waals surface area contributed by atoms with Crippen LogP contribution in [0.25, 0.3) is 0 Å². The van der Waals surface area contributed by atoms with E-state index in [1.807, 2.05) is 12.1 Å². The minimum absolute atomic E-state index is 0.0848. The lowest BCUT2D eigenvalue weighted by atomic mass is 10.0. The fourth-order valence-corrected chi connectivity index (χ4v) is 4.62. The van der Waals surface area contributed by atoms with E-state index >= 15 is 0 Å². The molecule has 5 heteroatoms. The first-order valence-electron chi connectivity index (χ1n) is 9.61. The second-order valence-electron chi connectivity index (χ2n) is 8.02. The quantitative estimate of drug-likeness (QED) is 0.834. The van der Waals surface area contributed by atoms with Gasteiger partial charge in [-0.1, -0.05) is 19.1 Å². The Hall–Kier alpha value is -2.14. The fraction of sp³-hybridized carbons (Fsp3) is 0.455. The van der Waals surface area contributed by atoms with E-state index in [0.717, 1.165) is 44.6 Å². The Morgan fingerprint density at radius 1 is 1.04 bits per heavy atom. The largest absolute Gasteiger partial charge is 0.508 e. The van der Waals surface area contributed by atoms with Crippen molar-refractivity contribution < 1.29 is 18.6 Å². The summed E-state index contributed by atoms with van der Waals surface area (Å²) in [6.45, 7) is 5.34. The summed E-state index contributed by atoms with van der Waals surface area (Å²) in [6.07, 6.45) is 2.02. The van der Waals surface area contributed by atoms with Crippen molar-refractivity contribution in [1.29, 1.82) is 0 Å². The van der Waals surface area contributed by atoms with E-state index < -0.39 is 11.6 Å². The van der Waals surface area contributed by atoms with Gasteiger partial charge in [0.25, 0.3) is 0 Å². The van der Waals surface area contributed by atoms with E-state index in [4.69, 9.17) is 4.74 Å². The molecule has 0 spiro atoms. The van der Waals surface area contributed by atoms with Gasteiger partial charge in [-0.05, 0) is 60.4 Å². The summed E-state index contributed by atoms with van der Waals surface area (Å²) in [5, 5.41) is 9.43. The molecule has 1 saturated carbocycles. The van der Waals surface area contributed by atoms with Gasteiger partial charge in [-0.3, -0.25) is 0 Å². The first-order valence-corrected chi connectivity index (χ1v) is 9.61. The molecule has 0 aromatic heterocycles. The Morgan fingerprint density at radius 3 is 2.33 bits per heavy atom. The molecule has 2 aromatic carbocycles. The van der Waals surface area contributed by atoms with Gasteiger partial charge in [-0.25, -0.2) is 8.78 Å². The first kappa shape index (κ1) is 18.2. The van der Waals surface area contributed by atoms with Gasteiger partial charge in [0.2, 0.25) is 0 Å². The van der Waals surface area contributed by atoms with E-state index in [-0.39, 0.29) is 6.10 Å². The van der Waals surface area contributed by atoms with E-state index in [2.05, 4.69) is 11.8 Å². The first-order chi connectivity index (χ1) is 13.0. The van der Waals surface area contributed by atoms with Crippen LogP contribution in [0.3, 0.4) is 0 Å². The monoisotopic (exact) mass is 373 g/mol. The summed E-state index contributed by atoms with van der Waals surface area (Å²) in [5.74, 6) is 0.632. The molecule has 1 aliphatic heterocycles. The molecule has 0 amide bonds. The number of hydrogen-bond acceptors (Lipinski definition) is 3. The van der Waals surface area contributed by atoms with Crippen LogP contribution in [0.2, 0.25) is 0 Å². The van der Waals surface area contributed by atoms with Gasteiger partial charge in [0.15, 0.2) is 11.6 Å². The molecule has 0 radical (unpaired) electrons. The molecule has 2 aliphatic rings. The van der Waals surface area contributed by atoms with Crippen molar-refractivity contribution >= 4 is 0 Å². The highest BCUT2D eigenvalue weighted by Crippen LogP contribution is 2.40. The summed E-state index contributed by atoms with van der Waals surface area (Å²) in [6, 6.07) is 11.2. The lowest BCUT2D eigenvalue weighted by molar-refractivity contribution is 0.183. The predicted molar refractivity (Wildman–Crippen MR) is 99.9 cm³/mol. The molecule has 2 fully saturated rings. The summed E-state index contributed by atoms with van der Waals surface area (Å²) < 4.78 is 32.3. The van der Waals surface area contributed by atoms with E-state index in [1.165, 1.54) is 11.6 Å². The van der Waals surface area contributed by atoms with Crippen molar-refractivity contribution in [1.82, 2.24) is 4.90 Å². The summed E-state index contributed by atoms with van der Waals surface area (Å²) in [4.78, 5) is 2.51. The molecular formula is C22H25F2NO2. The smallest absolute Gasteiger partial charge is 0.162 e. The van der Waals surface area contributed by atoms with Crippen LogP contribution in [0.1, 0.15) is 31.2 Å². The van der Waals surface area contributed by atoms with Crippen LogP contribution in [0.5, 0.6) is 11.5 Å². The topological polar surface area (TPSA) is 32.7 Å².